The summed E-state index contributed by atoms with van der Waals surface area (Å²) < 4.78 is 18.6. The van der Waals surface area contributed by atoms with Crippen molar-refractivity contribution in [2.75, 3.05) is 36.5 Å². The molecule has 6 nitrogen and oxygen atoms in total. The van der Waals surface area contributed by atoms with Crippen LogP contribution in [0.2, 0.25) is 0 Å². The summed E-state index contributed by atoms with van der Waals surface area (Å²) in [6, 6.07) is 15.1. The lowest BCUT2D eigenvalue weighted by Crippen LogP contribution is -2.36. The third kappa shape index (κ3) is 3.40. The molecule has 5 rings (SSSR count). The van der Waals surface area contributed by atoms with E-state index in [4.69, 9.17) is 4.74 Å². The van der Waals surface area contributed by atoms with Crippen molar-refractivity contribution in [3.63, 3.8) is 0 Å². The van der Waals surface area contributed by atoms with Crippen LogP contribution in [-0.4, -0.2) is 41.4 Å². The van der Waals surface area contributed by atoms with Gasteiger partial charge in [0.25, 0.3) is 5.91 Å². The topological polar surface area (TPSA) is 71.5 Å². The maximum Gasteiger partial charge on any atom is 0.256 e. The Labute approximate surface area is 177 Å². The van der Waals surface area contributed by atoms with E-state index in [0.29, 0.717) is 34.3 Å². The van der Waals surface area contributed by atoms with Crippen molar-refractivity contribution in [2.45, 2.75) is 16.7 Å². The van der Waals surface area contributed by atoms with E-state index in [-0.39, 0.29) is 5.91 Å². The third-order valence-electron chi connectivity index (χ3n) is 5.42. The minimum absolute atomic E-state index is 0.244. The summed E-state index contributed by atoms with van der Waals surface area (Å²) in [5, 5.41) is 2.93. The number of anilines is 2. The largest absolute Gasteiger partial charge is 0.378 e. The highest BCUT2D eigenvalue weighted by Crippen LogP contribution is 2.34. The van der Waals surface area contributed by atoms with Gasteiger partial charge in [0.15, 0.2) is 0 Å². The number of rotatable bonds is 2. The average molecular weight is 420 g/mol. The van der Waals surface area contributed by atoms with E-state index < -0.39 is 10.8 Å². The minimum Gasteiger partial charge on any atom is -0.378 e. The number of nitrogens with one attached hydrogen (secondary N) is 1. The van der Waals surface area contributed by atoms with Crippen molar-refractivity contribution in [1.82, 2.24) is 4.98 Å². The van der Waals surface area contributed by atoms with Gasteiger partial charge >= 0.3 is 0 Å². The molecule has 1 atom stereocenters. The molecule has 1 aromatic heterocycles. The van der Waals surface area contributed by atoms with Crippen LogP contribution < -0.4 is 10.2 Å². The van der Waals surface area contributed by atoms with Gasteiger partial charge in [-0.1, -0.05) is 12.1 Å². The van der Waals surface area contributed by atoms with Crippen molar-refractivity contribution in [2.24, 2.45) is 0 Å². The van der Waals surface area contributed by atoms with Crippen LogP contribution in [0, 0.1) is 6.92 Å². The molecule has 0 aliphatic carbocycles. The fraction of sp³-hybridized carbons (Fsp3) is 0.217. The van der Waals surface area contributed by atoms with Crippen molar-refractivity contribution in [1.29, 1.82) is 0 Å². The minimum atomic E-state index is -1.43. The number of aromatic nitrogens is 1. The molecule has 1 unspecified atom stereocenters. The molecule has 2 aromatic carbocycles. The molecule has 0 saturated carbocycles. The SMILES string of the molecule is Cc1ccc2c(c1)NC(=O)c1cc(-c3ccnc(N4CCOCC4)c3)ccc1S2=O. The Morgan fingerprint density at radius 3 is 2.60 bits per heavy atom. The lowest BCUT2D eigenvalue weighted by molar-refractivity contribution is 0.102. The van der Waals surface area contributed by atoms with Gasteiger partial charge in [0, 0.05) is 19.3 Å². The van der Waals surface area contributed by atoms with Crippen LogP contribution in [0.5, 0.6) is 0 Å². The number of hydrogen-bond acceptors (Lipinski definition) is 5. The molecule has 30 heavy (non-hydrogen) atoms. The van der Waals surface area contributed by atoms with Gasteiger partial charge in [0.2, 0.25) is 0 Å². The van der Waals surface area contributed by atoms with Crippen LogP contribution in [0.15, 0.2) is 64.5 Å². The molecule has 3 heterocycles. The highest BCUT2D eigenvalue weighted by atomic mass is 32.2. The van der Waals surface area contributed by atoms with E-state index in [2.05, 4.69) is 15.2 Å². The highest BCUT2D eigenvalue weighted by molar-refractivity contribution is 7.85. The second-order valence-corrected chi connectivity index (χ2v) is 8.85. The molecule has 0 radical (unpaired) electrons. The van der Waals surface area contributed by atoms with Crippen LogP contribution in [0.4, 0.5) is 11.5 Å². The first kappa shape index (κ1) is 19.0. The molecular formula is C23H21N3O3S. The maximum absolute atomic E-state index is 13.2. The Balaban J connectivity index is 1.54. The van der Waals surface area contributed by atoms with Crippen molar-refractivity contribution < 1.29 is 13.7 Å². The number of ether oxygens (including phenoxy) is 1. The number of hydrogen-bond donors (Lipinski definition) is 1. The first-order valence-corrected chi connectivity index (χ1v) is 11.0. The highest BCUT2D eigenvalue weighted by Gasteiger charge is 2.25. The average Bonchev–Trinajstić information content (AvgIpc) is 2.88. The van der Waals surface area contributed by atoms with Crippen LogP contribution in [0.25, 0.3) is 11.1 Å². The van der Waals surface area contributed by atoms with E-state index in [1.54, 1.807) is 12.3 Å². The fourth-order valence-corrected chi connectivity index (χ4v) is 5.10. The molecule has 2 aliphatic heterocycles. The van der Waals surface area contributed by atoms with E-state index >= 15 is 0 Å². The van der Waals surface area contributed by atoms with E-state index in [9.17, 15) is 9.00 Å². The van der Waals surface area contributed by atoms with Gasteiger partial charge in [0.1, 0.15) is 5.82 Å². The standard InChI is InChI=1S/C23H21N3O3S/c1-15-2-4-21-19(12-15)25-23(27)18-13-16(3-5-20(18)30(21)28)17-6-7-24-22(14-17)26-8-10-29-11-9-26/h2-7,12-14H,8-11H2,1H3,(H,25,27). The number of aryl methyl sites for hydroxylation is 1. The summed E-state index contributed by atoms with van der Waals surface area (Å²) in [6.07, 6.45) is 1.78. The van der Waals surface area contributed by atoms with Crippen molar-refractivity contribution in [3.05, 3.63) is 65.9 Å². The first-order valence-electron chi connectivity index (χ1n) is 9.87. The fourth-order valence-electron chi connectivity index (χ4n) is 3.82. The summed E-state index contributed by atoms with van der Waals surface area (Å²) in [5.74, 6) is 0.647. The molecule has 7 heteroatoms. The molecule has 0 spiro atoms. The van der Waals surface area contributed by atoms with Gasteiger partial charge < -0.3 is 15.0 Å². The number of nitrogens with zero attached hydrogens (tertiary/aromatic N) is 2. The van der Waals surface area contributed by atoms with Gasteiger partial charge in [-0.3, -0.25) is 4.79 Å². The first-order chi connectivity index (χ1) is 14.6. The van der Waals surface area contributed by atoms with Crippen LogP contribution >= 0.6 is 0 Å². The number of fused-ring (bicyclic) bond motifs is 2. The summed E-state index contributed by atoms with van der Waals surface area (Å²) >= 11 is 0. The third-order valence-corrected chi connectivity index (χ3v) is 6.93. The Hall–Kier alpha value is -3.03. The van der Waals surface area contributed by atoms with Crippen LogP contribution in [0.3, 0.4) is 0 Å². The monoisotopic (exact) mass is 419 g/mol. The van der Waals surface area contributed by atoms with Gasteiger partial charge in [-0.15, -0.1) is 0 Å². The summed E-state index contributed by atoms with van der Waals surface area (Å²) in [6.45, 7) is 4.94. The lowest BCUT2D eigenvalue weighted by Gasteiger charge is -2.28. The van der Waals surface area contributed by atoms with E-state index in [1.165, 1.54) is 0 Å². The second-order valence-electron chi connectivity index (χ2n) is 7.44. The second kappa shape index (κ2) is 7.66. The zero-order valence-electron chi connectivity index (χ0n) is 16.6. The maximum atomic E-state index is 13.2. The van der Waals surface area contributed by atoms with E-state index in [1.807, 2.05) is 49.4 Å². The molecule has 3 aromatic rings. The Morgan fingerprint density at radius 1 is 1.00 bits per heavy atom. The smallest absolute Gasteiger partial charge is 0.256 e. The number of amides is 1. The van der Waals surface area contributed by atoms with Gasteiger partial charge in [-0.25, -0.2) is 9.19 Å². The molecule has 1 saturated heterocycles. The molecule has 1 N–H and O–H groups in total. The molecule has 152 valence electrons. The number of morpholine rings is 1. The van der Waals surface area contributed by atoms with Crippen molar-refractivity contribution >= 4 is 28.2 Å². The van der Waals surface area contributed by atoms with Crippen LogP contribution in [0.1, 0.15) is 15.9 Å². The molecule has 2 aliphatic rings. The quantitative estimate of drug-likeness (QED) is 0.687. The molecule has 0 bridgehead atoms. The van der Waals surface area contributed by atoms with Crippen LogP contribution in [-0.2, 0) is 15.5 Å². The Bertz CT molecular complexity index is 1170. The summed E-state index contributed by atoms with van der Waals surface area (Å²) in [7, 11) is -1.43. The summed E-state index contributed by atoms with van der Waals surface area (Å²) in [4.78, 5) is 20.8. The Kier molecular flexibility index (Phi) is 4.84. The number of pyridine rings is 1. The zero-order chi connectivity index (χ0) is 20.7. The van der Waals surface area contributed by atoms with Gasteiger partial charge in [-0.2, -0.15) is 0 Å². The lowest BCUT2D eigenvalue weighted by atomic mass is 10.0. The van der Waals surface area contributed by atoms with Crippen molar-refractivity contribution in [3.8, 4) is 11.1 Å². The van der Waals surface area contributed by atoms with Gasteiger partial charge in [-0.05, 0) is 60.0 Å². The number of carbonyl (C=O) groups is 1. The van der Waals surface area contributed by atoms with E-state index in [0.717, 1.165) is 35.6 Å². The molecular weight excluding hydrogens is 398 g/mol. The predicted octanol–water partition coefficient (Wildman–Crippen LogP) is 3.63. The Morgan fingerprint density at radius 2 is 1.77 bits per heavy atom. The van der Waals surface area contributed by atoms with Gasteiger partial charge in [0.05, 0.1) is 45.1 Å². The zero-order valence-corrected chi connectivity index (χ0v) is 17.4. The normalized spacial score (nSPS) is 18.2. The predicted molar refractivity (Wildman–Crippen MR) is 117 cm³/mol. The summed E-state index contributed by atoms with van der Waals surface area (Å²) in [5.41, 5.74) is 3.90. The number of carbonyl (C=O) groups excluding carboxylic acids is 1. The molecule has 1 amide bonds. The number of benzene rings is 2. The molecule has 1 fully saturated rings.